The van der Waals surface area contributed by atoms with Crippen LogP contribution in [0.25, 0.3) is 0 Å². The smallest absolute Gasteiger partial charge is 0.239 e. The number of rotatable bonds is 5. The van der Waals surface area contributed by atoms with Crippen LogP contribution < -0.4 is 16.0 Å². The lowest BCUT2D eigenvalue weighted by Gasteiger charge is -2.18. The number of anilines is 1. The van der Waals surface area contributed by atoms with Crippen LogP contribution in [-0.4, -0.2) is 31.4 Å². The first kappa shape index (κ1) is 17.1. The van der Waals surface area contributed by atoms with Crippen LogP contribution in [0.3, 0.4) is 0 Å². The number of nitrogens with zero attached hydrogens (tertiary/aromatic N) is 1. The number of carbonyl (C=O) groups excluding carboxylic acids is 2. The van der Waals surface area contributed by atoms with Crippen LogP contribution in [0.4, 0.5) is 5.69 Å². The first-order valence-corrected chi connectivity index (χ1v) is 7.93. The number of benzene rings is 1. The van der Waals surface area contributed by atoms with Crippen LogP contribution >= 0.6 is 23.2 Å². The van der Waals surface area contributed by atoms with Crippen molar-refractivity contribution in [2.75, 3.05) is 24.5 Å². The molecule has 1 saturated heterocycles. The second-order valence-electron chi connectivity index (χ2n) is 5.52. The highest BCUT2D eigenvalue weighted by Gasteiger charge is 2.37. The fraction of sp³-hybridized carbons (Fsp3) is 0.467. The molecule has 7 heteroatoms. The van der Waals surface area contributed by atoms with E-state index in [0.717, 1.165) is 0 Å². The molecule has 3 N–H and O–H groups in total. The monoisotopic (exact) mass is 343 g/mol. The molecule has 0 saturated carbocycles. The molecule has 0 aromatic heterocycles. The first-order valence-electron chi connectivity index (χ1n) is 7.18. The lowest BCUT2D eigenvalue weighted by molar-refractivity contribution is -0.132. The molecule has 0 spiro atoms. The SMILES string of the molecule is CC(CN)CNC(=O)C1CCN(c2ccc(Cl)c(Cl)c2)C1=O. The van der Waals surface area contributed by atoms with Gasteiger partial charge in [0.05, 0.1) is 10.0 Å². The van der Waals surface area contributed by atoms with Crippen molar-refractivity contribution in [2.45, 2.75) is 13.3 Å². The van der Waals surface area contributed by atoms with Crippen molar-refractivity contribution in [2.24, 2.45) is 17.6 Å². The lowest BCUT2D eigenvalue weighted by Crippen LogP contribution is -2.39. The maximum atomic E-state index is 12.4. The number of hydrogen-bond acceptors (Lipinski definition) is 3. The fourth-order valence-corrected chi connectivity index (χ4v) is 2.61. The molecule has 1 aliphatic rings. The molecule has 1 aromatic carbocycles. The zero-order chi connectivity index (χ0) is 16.3. The Kier molecular flexibility index (Phi) is 5.67. The minimum absolute atomic E-state index is 0.187. The Labute approximate surface area is 139 Å². The fourth-order valence-electron chi connectivity index (χ4n) is 2.31. The summed E-state index contributed by atoms with van der Waals surface area (Å²) in [5.41, 5.74) is 6.17. The van der Waals surface area contributed by atoms with E-state index >= 15 is 0 Å². The normalized spacial score (nSPS) is 19.4. The molecule has 2 rings (SSSR count). The molecule has 2 unspecified atom stereocenters. The van der Waals surface area contributed by atoms with Crippen molar-refractivity contribution < 1.29 is 9.59 Å². The Morgan fingerprint density at radius 3 is 2.82 bits per heavy atom. The van der Waals surface area contributed by atoms with Gasteiger partial charge in [-0.3, -0.25) is 9.59 Å². The van der Waals surface area contributed by atoms with Crippen molar-refractivity contribution in [3.8, 4) is 0 Å². The van der Waals surface area contributed by atoms with Gasteiger partial charge in [-0.25, -0.2) is 0 Å². The maximum Gasteiger partial charge on any atom is 0.239 e. The average Bonchev–Trinajstić information content (AvgIpc) is 2.89. The van der Waals surface area contributed by atoms with E-state index in [4.69, 9.17) is 28.9 Å². The summed E-state index contributed by atoms with van der Waals surface area (Å²) in [7, 11) is 0. The number of halogens is 2. The van der Waals surface area contributed by atoms with Gasteiger partial charge in [-0.2, -0.15) is 0 Å². The minimum Gasteiger partial charge on any atom is -0.355 e. The van der Waals surface area contributed by atoms with Gasteiger partial charge < -0.3 is 16.0 Å². The van der Waals surface area contributed by atoms with E-state index < -0.39 is 5.92 Å². The van der Waals surface area contributed by atoms with Crippen LogP contribution in [0.15, 0.2) is 18.2 Å². The number of hydrogen-bond donors (Lipinski definition) is 2. The zero-order valence-corrected chi connectivity index (χ0v) is 13.8. The molecule has 0 bridgehead atoms. The highest BCUT2D eigenvalue weighted by atomic mass is 35.5. The van der Waals surface area contributed by atoms with E-state index in [9.17, 15) is 9.59 Å². The molecule has 120 valence electrons. The molecule has 1 fully saturated rings. The Morgan fingerprint density at radius 2 is 2.18 bits per heavy atom. The number of nitrogens with two attached hydrogens (primary N) is 1. The van der Waals surface area contributed by atoms with Crippen LogP contribution in [-0.2, 0) is 9.59 Å². The lowest BCUT2D eigenvalue weighted by atomic mass is 10.1. The maximum absolute atomic E-state index is 12.4. The highest BCUT2D eigenvalue weighted by molar-refractivity contribution is 6.42. The molecule has 0 radical (unpaired) electrons. The third kappa shape index (κ3) is 3.72. The molecule has 2 amide bonds. The van der Waals surface area contributed by atoms with Crippen LogP contribution in [0, 0.1) is 11.8 Å². The summed E-state index contributed by atoms with van der Waals surface area (Å²) in [5.74, 6) is -0.921. The summed E-state index contributed by atoms with van der Waals surface area (Å²) in [6, 6.07) is 5.00. The Morgan fingerprint density at radius 1 is 1.45 bits per heavy atom. The van der Waals surface area contributed by atoms with E-state index in [1.54, 1.807) is 23.1 Å². The summed E-state index contributed by atoms with van der Waals surface area (Å²) in [6.45, 7) is 3.40. The van der Waals surface area contributed by atoms with E-state index in [0.29, 0.717) is 41.8 Å². The van der Waals surface area contributed by atoms with Crippen LogP contribution in [0.5, 0.6) is 0 Å². The first-order chi connectivity index (χ1) is 10.4. The topological polar surface area (TPSA) is 75.4 Å². The van der Waals surface area contributed by atoms with Crippen molar-refractivity contribution in [3.63, 3.8) is 0 Å². The Bertz CT molecular complexity index is 580. The van der Waals surface area contributed by atoms with Crippen LogP contribution in [0.2, 0.25) is 10.0 Å². The van der Waals surface area contributed by atoms with E-state index in [2.05, 4.69) is 5.32 Å². The Balaban J connectivity index is 2.02. The second kappa shape index (κ2) is 7.31. The minimum atomic E-state index is -0.653. The molecular formula is C15H19Cl2N3O2. The molecule has 22 heavy (non-hydrogen) atoms. The quantitative estimate of drug-likeness (QED) is 0.803. The van der Waals surface area contributed by atoms with Crippen LogP contribution in [0.1, 0.15) is 13.3 Å². The summed E-state index contributed by atoms with van der Waals surface area (Å²) >= 11 is 11.9. The van der Waals surface area contributed by atoms with Gasteiger partial charge in [-0.05, 0) is 37.1 Å². The standard InChI is InChI=1S/C15H19Cl2N3O2/c1-9(7-18)8-19-14(21)11-4-5-20(15(11)22)10-2-3-12(16)13(17)6-10/h2-3,6,9,11H,4-5,7-8,18H2,1H3,(H,19,21). The van der Waals surface area contributed by atoms with Gasteiger partial charge in [0, 0.05) is 18.8 Å². The second-order valence-corrected chi connectivity index (χ2v) is 6.33. The predicted molar refractivity (Wildman–Crippen MR) is 88.2 cm³/mol. The van der Waals surface area contributed by atoms with E-state index in [1.807, 2.05) is 6.92 Å². The third-order valence-electron chi connectivity index (χ3n) is 3.76. The van der Waals surface area contributed by atoms with E-state index in [1.165, 1.54) is 0 Å². The molecule has 1 heterocycles. The Hall–Kier alpha value is -1.30. The van der Waals surface area contributed by atoms with E-state index in [-0.39, 0.29) is 17.7 Å². The predicted octanol–water partition coefficient (Wildman–Crippen LogP) is 2.06. The molecular weight excluding hydrogens is 325 g/mol. The molecule has 1 aromatic rings. The molecule has 1 aliphatic heterocycles. The van der Waals surface area contributed by atoms with Crippen molar-refractivity contribution in [1.82, 2.24) is 5.32 Å². The molecule has 2 atom stereocenters. The van der Waals surface area contributed by atoms with Gasteiger partial charge in [-0.1, -0.05) is 30.1 Å². The largest absolute Gasteiger partial charge is 0.355 e. The van der Waals surface area contributed by atoms with Gasteiger partial charge in [-0.15, -0.1) is 0 Å². The van der Waals surface area contributed by atoms with Gasteiger partial charge in [0.1, 0.15) is 5.92 Å². The zero-order valence-electron chi connectivity index (χ0n) is 12.3. The van der Waals surface area contributed by atoms with Gasteiger partial charge >= 0.3 is 0 Å². The van der Waals surface area contributed by atoms with Gasteiger partial charge in [0.25, 0.3) is 0 Å². The number of nitrogens with one attached hydrogen (secondary N) is 1. The molecule has 5 nitrogen and oxygen atoms in total. The number of carbonyl (C=O) groups is 2. The summed E-state index contributed by atoms with van der Waals surface area (Å²) in [6.07, 6.45) is 0.488. The van der Waals surface area contributed by atoms with Crippen molar-refractivity contribution >= 4 is 40.7 Å². The number of amides is 2. The van der Waals surface area contributed by atoms with Crippen molar-refractivity contribution in [1.29, 1.82) is 0 Å². The van der Waals surface area contributed by atoms with Gasteiger partial charge in [0.15, 0.2) is 0 Å². The third-order valence-corrected chi connectivity index (χ3v) is 4.50. The van der Waals surface area contributed by atoms with Crippen molar-refractivity contribution in [3.05, 3.63) is 28.2 Å². The summed E-state index contributed by atoms with van der Waals surface area (Å²) in [4.78, 5) is 26.1. The summed E-state index contributed by atoms with van der Waals surface area (Å²) in [5, 5.41) is 3.60. The average molecular weight is 344 g/mol. The van der Waals surface area contributed by atoms with Gasteiger partial charge in [0.2, 0.25) is 11.8 Å². The highest BCUT2D eigenvalue weighted by Crippen LogP contribution is 2.31. The molecule has 0 aliphatic carbocycles. The summed E-state index contributed by atoms with van der Waals surface area (Å²) < 4.78 is 0.